The Kier molecular flexibility index (Phi) is 5.39. The number of nitrogens with zero attached hydrogens (tertiary/aromatic N) is 5. The summed E-state index contributed by atoms with van der Waals surface area (Å²) in [4.78, 5) is 35.7. The van der Waals surface area contributed by atoms with Gasteiger partial charge in [-0.25, -0.2) is 9.78 Å². The van der Waals surface area contributed by atoms with E-state index < -0.39 is 5.97 Å². The number of aromatic nitrogens is 4. The van der Waals surface area contributed by atoms with Gasteiger partial charge in [-0.05, 0) is 26.0 Å². The highest BCUT2D eigenvalue weighted by molar-refractivity contribution is 7.09. The summed E-state index contributed by atoms with van der Waals surface area (Å²) >= 11 is 1.45. The van der Waals surface area contributed by atoms with Gasteiger partial charge in [-0.1, -0.05) is 6.07 Å². The molecule has 0 saturated heterocycles. The van der Waals surface area contributed by atoms with Crippen molar-refractivity contribution in [1.29, 1.82) is 0 Å². The van der Waals surface area contributed by atoms with Gasteiger partial charge in [-0.2, -0.15) is 5.10 Å². The van der Waals surface area contributed by atoms with Gasteiger partial charge in [0, 0.05) is 35.8 Å². The molecule has 0 radical (unpaired) electrons. The van der Waals surface area contributed by atoms with Crippen molar-refractivity contribution >= 4 is 23.2 Å². The first-order valence-corrected chi connectivity index (χ1v) is 10.3. The molecule has 1 aliphatic heterocycles. The van der Waals surface area contributed by atoms with Gasteiger partial charge in [0.15, 0.2) is 5.69 Å². The Morgan fingerprint density at radius 3 is 2.86 bits per heavy atom. The molecule has 3 aromatic rings. The monoisotopic (exact) mass is 411 g/mol. The minimum Gasteiger partial charge on any atom is -0.461 e. The van der Waals surface area contributed by atoms with Crippen LogP contribution < -0.4 is 0 Å². The molecule has 0 aliphatic carbocycles. The summed E-state index contributed by atoms with van der Waals surface area (Å²) in [5.74, 6) is -0.602. The zero-order valence-electron chi connectivity index (χ0n) is 16.3. The van der Waals surface area contributed by atoms with Gasteiger partial charge >= 0.3 is 5.97 Å². The van der Waals surface area contributed by atoms with Crippen molar-refractivity contribution in [2.45, 2.75) is 33.4 Å². The zero-order valence-corrected chi connectivity index (χ0v) is 17.1. The molecular weight excluding hydrogens is 390 g/mol. The molecule has 0 saturated carbocycles. The Labute approximate surface area is 172 Å². The van der Waals surface area contributed by atoms with Crippen LogP contribution in [0.1, 0.15) is 49.9 Å². The first kappa shape index (κ1) is 19.3. The van der Waals surface area contributed by atoms with Crippen LogP contribution in [0.5, 0.6) is 0 Å². The van der Waals surface area contributed by atoms with Gasteiger partial charge in [0.05, 0.1) is 30.4 Å². The van der Waals surface area contributed by atoms with Gasteiger partial charge in [0.1, 0.15) is 5.69 Å². The van der Waals surface area contributed by atoms with Gasteiger partial charge in [-0.15, -0.1) is 11.3 Å². The third-order valence-corrected chi connectivity index (χ3v) is 5.54. The van der Waals surface area contributed by atoms with E-state index in [1.54, 1.807) is 28.1 Å². The van der Waals surface area contributed by atoms with Crippen molar-refractivity contribution in [3.05, 3.63) is 63.1 Å². The minimum absolute atomic E-state index is 0.132. The van der Waals surface area contributed by atoms with Crippen LogP contribution in [-0.4, -0.2) is 49.7 Å². The third kappa shape index (κ3) is 3.91. The average molecular weight is 411 g/mol. The fraction of sp³-hybridized carbons (Fsp3) is 0.350. The Morgan fingerprint density at radius 2 is 2.17 bits per heavy atom. The summed E-state index contributed by atoms with van der Waals surface area (Å²) in [7, 11) is 0. The number of esters is 1. The average Bonchev–Trinajstić information content (AvgIpc) is 3.32. The first-order valence-electron chi connectivity index (χ1n) is 9.43. The summed E-state index contributed by atoms with van der Waals surface area (Å²) in [6.45, 7) is 5.20. The molecular formula is C20H21N5O3S. The van der Waals surface area contributed by atoms with Crippen LogP contribution in [0.25, 0.3) is 0 Å². The molecule has 1 amide bonds. The van der Waals surface area contributed by atoms with Crippen molar-refractivity contribution in [2.75, 3.05) is 13.2 Å². The number of rotatable bonds is 5. The standard InChI is InChI=1S/C20H21N5O3S/c1-3-28-20(27)18-15-11-24(19(26)16-12-29-13(2)22-16)9-7-17(15)25(23-18)10-14-6-4-5-8-21-14/h4-6,8,12H,3,7,9-11H2,1-2H3. The van der Waals surface area contributed by atoms with Crippen LogP contribution >= 0.6 is 11.3 Å². The molecule has 8 nitrogen and oxygen atoms in total. The molecule has 4 rings (SSSR count). The van der Waals surface area contributed by atoms with E-state index in [0.29, 0.717) is 31.7 Å². The molecule has 150 valence electrons. The lowest BCUT2D eigenvalue weighted by Crippen LogP contribution is -2.37. The number of thiazole rings is 1. The molecule has 0 unspecified atom stereocenters. The molecule has 3 aromatic heterocycles. The van der Waals surface area contributed by atoms with Gasteiger partial charge in [0.25, 0.3) is 5.91 Å². The lowest BCUT2D eigenvalue weighted by atomic mass is 10.0. The van der Waals surface area contributed by atoms with E-state index in [-0.39, 0.29) is 18.2 Å². The Balaban J connectivity index is 1.65. The Bertz CT molecular complexity index is 1040. The number of ether oxygens (including phenoxy) is 1. The highest BCUT2D eigenvalue weighted by Crippen LogP contribution is 2.25. The molecule has 0 spiro atoms. The van der Waals surface area contributed by atoms with Crippen LogP contribution in [0.4, 0.5) is 0 Å². The predicted octanol–water partition coefficient (Wildman–Crippen LogP) is 2.47. The molecule has 9 heteroatoms. The largest absolute Gasteiger partial charge is 0.461 e. The number of pyridine rings is 1. The molecule has 0 atom stereocenters. The van der Waals surface area contributed by atoms with Crippen molar-refractivity contribution in [1.82, 2.24) is 24.6 Å². The highest BCUT2D eigenvalue weighted by atomic mass is 32.1. The number of amides is 1. The molecule has 0 fully saturated rings. The summed E-state index contributed by atoms with van der Waals surface area (Å²) in [6.07, 6.45) is 2.33. The summed E-state index contributed by atoms with van der Waals surface area (Å²) in [5.41, 5.74) is 3.24. The van der Waals surface area contributed by atoms with E-state index in [4.69, 9.17) is 4.74 Å². The Hall–Kier alpha value is -3.07. The summed E-state index contributed by atoms with van der Waals surface area (Å²) in [5, 5.41) is 7.14. The number of aryl methyl sites for hydroxylation is 1. The molecule has 4 heterocycles. The number of fused-ring (bicyclic) bond motifs is 1. The summed E-state index contributed by atoms with van der Waals surface area (Å²) < 4.78 is 7.00. The van der Waals surface area contributed by atoms with E-state index >= 15 is 0 Å². The SMILES string of the molecule is CCOC(=O)c1nn(Cc2ccccn2)c2c1CN(C(=O)c1csc(C)n1)CC2. The number of carbonyl (C=O) groups is 2. The molecule has 29 heavy (non-hydrogen) atoms. The van der Waals surface area contributed by atoms with E-state index in [1.807, 2.05) is 25.1 Å². The topological polar surface area (TPSA) is 90.2 Å². The molecule has 0 bridgehead atoms. The maximum atomic E-state index is 12.8. The smallest absolute Gasteiger partial charge is 0.359 e. The summed E-state index contributed by atoms with van der Waals surface area (Å²) in [6, 6.07) is 5.69. The number of carbonyl (C=O) groups excluding carboxylic acids is 2. The van der Waals surface area contributed by atoms with Crippen LogP contribution in [0, 0.1) is 6.92 Å². The van der Waals surface area contributed by atoms with E-state index in [1.165, 1.54) is 11.3 Å². The fourth-order valence-electron chi connectivity index (χ4n) is 3.43. The van der Waals surface area contributed by atoms with Gasteiger partial charge < -0.3 is 9.64 Å². The van der Waals surface area contributed by atoms with E-state index in [9.17, 15) is 9.59 Å². The third-order valence-electron chi connectivity index (χ3n) is 4.77. The van der Waals surface area contributed by atoms with E-state index in [0.717, 1.165) is 22.0 Å². The lowest BCUT2D eigenvalue weighted by molar-refractivity contribution is 0.0513. The van der Waals surface area contributed by atoms with E-state index in [2.05, 4.69) is 15.1 Å². The Morgan fingerprint density at radius 1 is 1.31 bits per heavy atom. The minimum atomic E-state index is -0.470. The van der Waals surface area contributed by atoms with Crippen LogP contribution in [0.3, 0.4) is 0 Å². The predicted molar refractivity (Wildman–Crippen MR) is 107 cm³/mol. The second kappa shape index (κ2) is 8.12. The maximum absolute atomic E-state index is 12.8. The quantitative estimate of drug-likeness (QED) is 0.599. The van der Waals surface area contributed by atoms with Crippen LogP contribution in [0.2, 0.25) is 0 Å². The first-order chi connectivity index (χ1) is 14.1. The molecule has 1 aliphatic rings. The van der Waals surface area contributed by atoms with Crippen LogP contribution in [0.15, 0.2) is 29.8 Å². The van der Waals surface area contributed by atoms with Crippen molar-refractivity contribution in [3.8, 4) is 0 Å². The molecule has 0 N–H and O–H groups in total. The van der Waals surface area contributed by atoms with Crippen LogP contribution in [-0.2, 0) is 24.2 Å². The maximum Gasteiger partial charge on any atom is 0.359 e. The normalized spacial score (nSPS) is 13.2. The van der Waals surface area contributed by atoms with Crippen molar-refractivity contribution in [3.63, 3.8) is 0 Å². The van der Waals surface area contributed by atoms with Gasteiger partial charge in [-0.3, -0.25) is 14.5 Å². The second-order valence-electron chi connectivity index (χ2n) is 6.70. The fourth-order valence-corrected chi connectivity index (χ4v) is 4.01. The van der Waals surface area contributed by atoms with Crippen molar-refractivity contribution in [2.24, 2.45) is 0 Å². The highest BCUT2D eigenvalue weighted by Gasteiger charge is 2.31. The van der Waals surface area contributed by atoms with Crippen molar-refractivity contribution < 1.29 is 14.3 Å². The number of hydrogen-bond acceptors (Lipinski definition) is 7. The number of hydrogen-bond donors (Lipinski definition) is 0. The zero-order chi connectivity index (χ0) is 20.4. The lowest BCUT2D eigenvalue weighted by Gasteiger charge is -2.27. The van der Waals surface area contributed by atoms with Gasteiger partial charge in [0.2, 0.25) is 0 Å². The second-order valence-corrected chi connectivity index (χ2v) is 7.76. The molecule has 0 aromatic carbocycles.